The molecule has 244 valence electrons. The molecule has 12 nitrogen and oxygen atoms in total. The number of aliphatic hydroxyl groups excluding tert-OH is 1. The largest absolute Gasteiger partial charge is 0.506 e. The average Bonchev–Trinajstić information content (AvgIpc) is 3.56. The number of H-pyrrole nitrogens is 1. The molecule has 2 heterocycles. The number of carboxylic acid groups (broad SMARTS) is 1. The summed E-state index contributed by atoms with van der Waals surface area (Å²) in [5.74, 6) is 0.738. The van der Waals surface area contributed by atoms with Gasteiger partial charge in [0.15, 0.2) is 5.76 Å². The van der Waals surface area contributed by atoms with Gasteiger partial charge in [0.1, 0.15) is 23.9 Å². The monoisotopic (exact) mass is 640 g/mol. The number of unbranched alkanes of at least 4 members (excludes halogenated alkanes) is 1. The van der Waals surface area contributed by atoms with E-state index in [1.54, 1.807) is 42.5 Å². The van der Waals surface area contributed by atoms with Crippen molar-refractivity contribution in [3.63, 3.8) is 0 Å². The van der Waals surface area contributed by atoms with Crippen LogP contribution < -0.4 is 26.2 Å². The van der Waals surface area contributed by atoms with E-state index in [1.165, 1.54) is 12.1 Å². The number of benzene rings is 3. The van der Waals surface area contributed by atoms with Gasteiger partial charge in [-0.05, 0) is 72.5 Å². The van der Waals surface area contributed by atoms with E-state index in [0.29, 0.717) is 47.5 Å². The fourth-order valence-corrected chi connectivity index (χ4v) is 5.21. The molecule has 1 unspecified atom stereocenters. The van der Waals surface area contributed by atoms with Gasteiger partial charge < -0.3 is 45.4 Å². The first-order valence-corrected chi connectivity index (χ1v) is 15.2. The molecule has 0 aliphatic carbocycles. The van der Waals surface area contributed by atoms with Crippen molar-refractivity contribution >= 4 is 22.9 Å². The highest BCUT2D eigenvalue weighted by atomic mass is 16.5. The molecule has 0 spiro atoms. The maximum atomic E-state index is 12.6. The summed E-state index contributed by atoms with van der Waals surface area (Å²) in [6.45, 7) is 1.40. The van der Waals surface area contributed by atoms with E-state index < -0.39 is 18.2 Å². The molecule has 0 bridgehead atoms. The van der Waals surface area contributed by atoms with Crippen LogP contribution in [0, 0.1) is 0 Å². The number of carbonyl (C=O) groups is 2. The number of nitrogens with one attached hydrogen (secondary N) is 4. The number of pyridine rings is 1. The predicted molar refractivity (Wildman–Crippen MR) is 175 cm³/mol. The zero-order chi connectivity index (χ0) is 33.2. The van der Waals surface area contributed by atoms with Crippen molar-refractivity contribution in [2.24, 2.45) is 0 Å². The Kier molecular flexibility index (Phi) is 10.9. The number of ether oxygens (including phenoxy) is 1. The number of aromatic amines is 1. The lowest BCUT2D eigenvalue weighted by Gasteiger charge is -2.18. The Morgan fingerprint density at radius 3 is 2.49 bits per heavy atom. The van der Waals surface area contributed by atoms with Gasteiger partial charge in [-0.25, -0.2) is 4.79 Å². The lowest BCUT2D eigenvalue weighted by molar-refractivity contribution is 0.0921. The summed E-state index contributed by atoms with van der Waals surface area (Å²) in [5, 5.41) is 39.2. The van der Waals surface area contributed by atoms with Gasteiger partial charge in [-0.1, -0.05) is 48.5 Å². The third-order valence-electron chi connectivity index (χ3n) is 7.53. The summed E-state index contributed by atoms with van der Waals surface area (Å²) >= 11 is 0. The molecule has 0 fully saturated rings. The summed E-state index contributed by atoms with van der Waals surface area (Å²) in [6, 6.07) is 25.1. The number of amides is 2. The van der Waals surface area contributed by atoms with E-state index >= 15 is 0 Å². The van der Waals surface area contributed by atoms with E-state index in [4.69, 9.17) is 9.15 Å². The van der Waals surface area contributed by atoms with Crippen molar-refractivity contribution in [1.29, 1.82) is 0 Å². The van der Waals surface area contributed by atoms with E-state index in [1.807, 2.05) is 36.4 Å². The average molecular weight is 641 g/mol. The van der Waals surface area contributed by atoms with Crippen molar-refractivity contribution in [2.45, 2.75) is 31.6 Å². The first kappa shape index (κ1) is 32.8. The Labute approximate surface area is 270 Å². The van der Waals surface area contributed by atoms with Crippen LogP contribution in [0.25, 0.3) is 10.9 Å². The summed E-state index contributed by atoms with van der Waals surface area (Å²) in [5.41, 5.74) is 2.05. The highest BCUT2D eigenvalue weighted by Gasteiger charge is 2.18. The normalized spacial score (nSPS) is 12.4. The molecule has 12 heteroatoms. The molecular formula is C35H36N4O8. The van der Waals surface area contributed by atoms with Crippen LogP contribution in [0.2, 0.25) is 0 Å². The number of phenolic OH excluding ortho intramolecular Hbond substituents is 1. The maximum absolute atomic E-state index is 12.6. The summed E-state index contributed by atoms with van der Waals surface area (Å²) in [6.07, 6.45) is -0.531. The molecule has 2 aromatic heterocycles. The smallest absolute Gasteiger partial charge is 0.405 e. The minimum atomic E-state index is -1.14. The van der Waals surface area contributed by atoms with Crippen LogP contribution in [-0.2, 0) is 6.61 Å². The number of hydrogen-bond acceptors (Lipinski definition) is 8. The summed E-state index contributed by atoms with van der Waals surface area (Å²) in [7, 11) is 0. The van der Waals surface area contributed by atoms with Crippen molar-refractivity contribution in [3.05, 3.63) is 130 Å². The molecule has 0 aliphatic rings. The molecule has 2 atom stereocenters. The molecule has 3 aromatic carbocycles. The first-order chi connectivity index (χ1) is 22.8. The van der Waals surface area contributed by atoms with Gasteiger partial charge in [-0.2, -0.15) is 0 Å². The lowest BCUT2D eigenvalue weighted by Crippen LogP contribution is -2.27. The molecule has 0 radical (unpaired) electrons. The third kappa shape index (κ3) is 8.78. The van der Waals surface area contributed by atoms with Gasteiger partial charge in [0.2, 0.25) is 5.56 Å². The molecule has 2 amide bonds. The number of phenols is 1. The Hall–Kier alpha value is -5.59. The Balaban J connectivity index is 1.03. The van der Waals surface area contributed by atoms with E-state index in [2.05, 4.69) is 20.9 Å². The minimum absolute atomic E-state index is 0.0600. The van der Waals surface area contributed by atoms with Crippen molar-refractivity contribution in [2.75, 3.05) is 19.6 Å². The van der Waals surface area contributed by atoms with E-state index in [-0.39, 0.29) is 41.6 Å². The molecule has 5 aromatic rings. The van der Waals surface area contributed by atoms with Crippen molar-refractivity contribution < 1.29 is 34.1 Å². The molecule has 7 N–H and O–H groups in total. The van der Waals surface area contributed by atoms with Crippen LogP contribution in [0.1, 0.15) is 58.0 Å². The molecule has 0 aliphatic heterocycles. The predicted octanol–water partition coefficient (Wildman–Crippen LogP) is 4.60. The molecule has 47 heavy (non-hydrogen) atoms. The fourth-order valence-electron chi connectivity index (χ4n) is 5.21. The van der Waals surface area contributed by atoms with Crippen LogP contribution in [0.4, 0.5) is 4.79 Å². The summed E-state index contributed by atoms with van der Waals surface area (Å²) in [4.78, 5) is 38.2. The molecular weight excluding hydrogens is 604 g/mol. The van der Waals surface area contributed by atoms with E-state index in [9.17, 15) is 29.7 Å². The Morgan fingerprint density at radius 2 is 1.68 bits per heavy atom. The quantitative estimate of drug-likeness (QED) is 0.0804. The number of furan rings is 1. The number of aromatic nitrogens is 1. The Bertz CT molecular complexity index is 1870. The number of rotatable bonds is 15. The first-order valence-electron chi connectivity index (χ1n) is 15.2. The van der Waals surface area contributed by atoms with Crippen LogP contribution in [0.15, 0.2) is 100 Å². The Morgan fingerprint density at radius 1 is 0.894 bits per heavy atom. The van der Waals surface area contributed by atoms with Gasteiger partial charge in [-0.15, -0.1) is 0 Å². The van der Waals surface area contributed by atoms with E-state index in [0.717, 1.165) is 12.0 Å². The van der Waals surface area contributed by atoms with Gasteiger partial charge in [0.05, 0.1) is 17.7 Å². The molecule has 0 saturated heterocycles. The highest BCUT2D eigenvalue weighted by molar-refractivity contribution is 5.91. The van der Waals surface area contributed by atoms with Crippen molar-refractivity contribution in [1.82, 2.24) is 20.9 Å². The number of aliphatic hydroxyl groups is 1. The summed E-state index contributed by atoms with van der Waals surface area (Å²) < 4.78 is 11.6. The van der Waals surface area contributed by atoms with Crippen LogP contribution in [0.3, 0.4) is 0 Å². The van der Waals surface area contributed by atoms with Crippen LogP contribution in [-0.4, -0.2) is 51.9 Å². The second-order valence-electron chi connectivity index (χ2n) is 10.9. The second kappa shape index (κ2) is 15.6. The fraction of sp³-hybridized carbons (Fsp3) is 0.229. The molecule has 5 rings (SSSR count). The second-order valence-corrected chi connectivity index (χ2v) is 10.9. The minimum Gasteiger partial charge on any atom is -0.506 e. The van der Waals surface area contributed by atoms with Gasteiger partial charge in [-0.3, -0.25) is 9.59 Å². The van der Waals surface area contributed by atoms with Gasteiger partial charge in [0, 0.05) is 24.5 Å². The number of carbonyl (C=O) groups excluding carboxylic acids is 1. The number of aromatic hydroxyl groups is 1. The molecule has 0 saturated carbocycles. The van der Waals surface area contributed by atoms with Crippen molar-refractivity contribution in [3.8, 4) is 11.5 Å². The zero-order valence-electron chi connectivity index (χ0n) is 25.4. The number of hydrogen-bond donors (Lipinski definition) is 7. The lowest BCUT2D eigenvalue weighted by atomic mass is 9.99. The third-order valence-corrected chi connectivity index (χ3v) is 7.53. The van der Waals surface area contributed by atoms with Crippen LogP contribution in [0.5, 0.6) is 11.5 Å². The topological polar surface area (TPSA) is 186 Å². The standard InChI is InChI=1S/C35H36N4O8/c40-28-14-12-26(27-13-16-31(42)38-33(27)28)29(41)20-36-17-4-5-18-37-34(43)30-15-11-25(47-30)21-46-24-10-6-9-23(19-24)32(39-35(44)45)22-7-2-1-3-8-22/h1-3,6-16,19,29,32,36,39-41H,4-5,17-18,20-21H2,(H,37,43)(H,38,42)(H,44,45)/t29-,32?/m1/s1. The number of fused-ring (bicyclic) bond motifs is 1. The zero-order valence-corrected chi connectivity index (χ0v) is 25.4. The SMILES string of the molecule is O=C(O)NC(c1ccccc1)c1cccc(OCc2ccc(C(=O)NCCCCNC[C@@H](O)c3ccc(O)c4[nH]c(=O)ccc34)o2)c1. The van der Waals surface area contributed by atoms with Gasteiger partial charge in [0.25, 0.3) is 5.91 Å². The van der Waals surface area contributed by atoms with Gasteiger partial charge >= 0.3 is 6.09 Å². The highest BCUT2D eigenvalue weighted by Crippen LogP contribution is 2.29. The maximum Gasteiger partial charge on any atom is 0.405 e. The van der Waals surface area contributed by atoms with Crippen LogP contribution >= 0.6 is 0 Å².